The van der Waals surface area contributed by atoms with E-state index in [1.807, 2.05) is 48.5 Å². The number of hydrogen-bond donors (Lipinski definition) is 3. The van der Waals surface area contributed by atoms with Crippen molar-refractivity contribution >= 4 is 23.7 Å². The Morgan fingerprint density at radius 3 is 2.17 bits per heavy atom. The highest BCUT2D eigenvalue weighted by Gasteiger charge is 2.29. The van der Waals surface area contributed by atoms with Crippen LogP contribution in [0, 0.1) is 11.6 Å². The van der Waals surface area contributed by atoms with Crippen molar-refractivity contribution in [2.45, 2.75) is 25.3 Å². The van der Waals surface area contributed by atoms with Gasteiger partial charge in [-0.15, -0.1) is 0 Å². The number of carbonyl (C=O) groups excluding carboxylic acids is 2. The summed E-state index contributed by atoms with van der Waals surface area (Å²) in [6.45, 7) is 1.67. The summed E-state index contributed by atoms with van der Waals surface area (Å²) in [5.74, 6) is -5.24. The van der Waals surface area contributed by atoms with Gasteiger partial charge in [0.25, 0.3) is 0 Å². The first-order valence-electron chi connectivity index (χ1n) is 10.9. The Kier molecular flexibility index (Phi) is 6.77. The number of amides is 2. The van der Waals surface area contributed by atoms with E-state index in [-0.39, 0.29) is 18.9 Å². The lowest BCUT2D eigenvalue weighted by Gasteiger charge is -2.17. The average molecular weight is 480 g/mol. The largest absolute Gasteiger partial charge is 0.477 e. The van der Waals surface area contributed by atoms with E-state index in [1.54, 1.807) is 6.92 Å². The van der Waals surface area contributed by atoms with Crippen molar-refractivity contribution in [1.29, 1.82) is 0 Å². The molecule has 1 atom stereocenters. The van der Waals surface area contributed by atoms with Gasteiger partial charge in [0, 0.05) is 18.4 Å². The van der Waals surface area contributed by atoms with Crippen molar-refractivity contribution in [1.82, 2.24) is 5.32 Å². The van der Waals surface area contributed by atoms with Crippen LogP contribution in [0.5, 0.6) is 0 Å². The molecule has 7 nitrogen and oxygen atoms in total. The molecule has 2 amide bonds. The summed E-state index contributed by atoms with van der Waals surface area (Å²) in [4.78, 5) is 35.6. The van der Waals surface area contributed by atoms with Crippen molar-refractivity contribution in [2.24, 2.45) is 0 Å². The van der Waals surface area contributed by atoms with Crippen molar-refractivity contribution in [2.75, 3.05) is 11.9 Å². The molecule has 180 valence electrons. The topological polar surface area (TPSA) is 105 Å². The quantitative estimate of drug-likeness (QED) is 0.445. The van der Waals surface area contributed by atoms with Crippen LogP contribution in [-0.2, 0) is 9.53 Å². The van der Waals surface area contributed by atoms with Crippen molar-refractivity contribution in [3.8, 4) is 11.1 Å². The second-order valence-corrected chi connectivity index (χ2v) is 8.21. The van der Waals surface area contributed by atoms with Gasteiger partial charge in [-0.3, -0.25) is 4.79 Å². The normalized spacial score (nSPS) is 12.9. The fourth-order valence-electron chi connectivity index (χ4n) is 4.22. The Balaban J connectivity index is 1.32. The van der Waals surface area contributed by atoms with E-state index in [1.165, 1.54) is 0 Å². The van der Waals surface area contributed by atoms with E-state index in [9.17, 15) is 23.2 Å². The van der Waals surface area contributed by atoms with Crippen LogP contribution >= 0.6 is 0 Å². The summed E-state index contributed by atoms with van der Waals surface area (Å²) in [6, 6.07) is 16.8. The fraction of sp³-hybridized carbons (Fsp3) is 0.192. The second-order valence-electron chi connectivity index (χ2n) is 8.21. The van der Waals surface area contributed by atoms with Crippen LogP contribution in [-0.4, -0.2) is 35.7 Å². The van der Waals surface area contributed by atoms with Crippen molar-refractivity contribution in [3.05, 3.63) is 89.0 Å². The zero-order valence-corrected chi connectivity index (χ0v) is 18.7. The first kappa shape index (κ1) is 23.9. The molecule has 3 N–H and O–H groups in total. The molecule has 35 heavy (non-hydrogen) atoms. The molecule has 0 spiro atoms. The summed E-state index contributed by atoms with van der Waals surface area (Å²) >= 11 is 0. The molecule has 0 saturated carbocycles. The van der Waals surface area contributed by atoms with Gasteiger partial charge in [0.1, 0.15) is 18.0 Å². The third kappa shape index (κ3) is 4.98. The number of carboxylic acids is 1. The Bertz CT molecular complexity index is 1270. The van der Waals surface area contributed by atoms with E-state index in [2.05, 4.69) is 10.6 Å². The molecule has 0 unspecified atom stereocenters. The molecule has 1 aliphatic rings. The van der Waals surface area contributed by atoms with Crippen LogP contribution < -0.4 is 10.6 Å². The van der Waals surface area contributed by atoms with Crippen LogP contribution in [0.4, 0.5) is 19.3 Å². The van der Waals surface area contributed by atoms with Gasteiger partial charge in [-0.2, -0.15) is 0 Å². The fourth-order valence-corrected chi connectivity index (χ4v) is 4.22. The summed E-state index contributed by atoms with van der Waals surface area (Å²) in [5, 5.41) is 13.7. The summed E-state index contributed by atoms with van der Waals surface area (Å²) < 4.78 is 33.2. The summed E-state index contributed by atoms with van der Waals surface area (Å²) in [5.41, 5.74) is 2.70. The van der Waals surface area contributed by atoms with Gasteiger partial charge < -0.3 is 20.5 Å². The first-order chi connectivity index (χ1) is 16.8. The number of rotatable bonds is 7. The number of fused-ring (bicyclic) bond motifs is 3. The molecular weight excluding hydrogens is 458 g/mol. The van der Waals surface area contributed by atoms with Gasteiger partial charge in [0.2, 0.25) is 5.91 Å². The van der Waals surface area contributed by atoms with E-state index >= 15 is 0 Å². The van der Waals surface area contributed by atoms with Gasteiger partial charge in [-0.25, -0.2) is 18.4 Å². The minimum absolute atomic E-state index is 0.109. The highest BCUT2D eigenvalue weighted by molar-refractivity contribution is 5.94. The standard InChI is InChI=1S/C26H22F2N2O5/c1-14(12-22(31)30-21-11-10-20(27)23(24(21)28)25(32)33)29-26(34)35-13-19-17-8-4-2-6-15(17)16-7-3-5-9-18(16)19/h2-11,14,19H,12-13H2,1H3,(H,29,34)(H,30,31)(H,32,33)/t14-/m0/s1. The van der Waals surface area contributed by atoms with Crippen LogP contribution in [0.1, 0.15) is 40.7 Å². The number of carbonyl (C=O) groups is 3. The number of alkyl carbamates (subject to hydrolysis) is 1. The lowest BCUT2D eigenvalue weighted by molar-refractivity contribution is -0.116. The Labute approximate surface area is 199 Å². The maximum atomic E-state index is 14.2. The number of anilines is 1. The van der Waals surface area contributed by atoms with E-state index < -0.39 is 46.9 Å². The zero-order valence-electron chi connectivity index (χ0n) is 18.7. The zero-order chi connectivity index (χ0) is 25.1. The molecule has 0 aromatic heterocycles. The predicted molar refractivity (Wildman–Crippen MR) is 124 cm³/mol. The smallest absolute Gasteiger partial charge is 0.407 e. The minimum atomic E-state index is -1.79. The Hall–Kier alpha value is -4.27. The summed E-state index contributed by atoms with van der Waals surface area (Å²) in [6.07, 6.45) is -0.961. The lowest BCUT2D eigenvalue weighted by atomic mass is 9.98. The molecule has 0 radical (unpaired) electrons. The number of aromatic carboxylic acids is 1. The van der Waals surface area contributed by atoms with Gasteiger partial charge >= 0.3 is 12.1 Å². The lowest BCUT2D eigenvalue weighted by Crippen LogP contribution is -2.36. The summed E-state index contributed by atoms with van der Waals surface area (Å²) in [7, 11) is 0. The van der Waals surface area contributed by atoms with E-state index in [0.717, 1.165) is 34.4 Å². The Morgan fingerprint density at radius 1 is 0.971 bits per heavy atom. The second kappa shape index (κ2) is 9.92. The maximum Gasteiger partial charge on any atom is 0.407 e. The molecule has 3 aromatic rings. The van der Waals surface area contributed by atoms with Gasteiger partial charge in [0.05, 0.1) is 5.69 Å². The molecule has 0 aliphatic heterocycles. The van der Waals surface area contributed by atoms with Gasteiger partial charge in [0.15, 0.2) is 5.82 Å². The van der Waals surface area contributed by atoms with Crippen LogP contribution in [0.2, 0.25) is 0 Å². The van der Waals surface area contributed by atoms with Crippen LogP contribution in [0.3, 0.4) is 0 Å². The van der Waals surface area contributed by atoms with Crippen LogP contribution in [0.25, 0.3) is 11.1 Å². The molecule has 9 heteroatoms. The molecule has 3 aromatic carbocycles. The number of benzene rings is 3. The number of halogens is 2. The highest BCUT2D eigenvalue weighted by atomic mass is 19.1. The molecule has 1 aliphatic carbocycles. The van der Waals surface area contributed by atoms with E-state index in [4.69, 9.17) is 9.84 Å². The van der Waals surface area contributed by atoms with Crippen molar-refractivity contribution in [3.63, 3.8) is 0 Å². The van der Waals surface area contributed by atoms with Gasteiger partial charge in [-0.05, 0) is 41.3 Å². The van der Waals surface area contributed by atoms with E-state index in [0.29, 0.717) is 0 Å². The highest BCUT2D eigenvalue weighted by Crippen LogP contribution is 2.44. The monoisotopic (exact) mass is 480 g/mol. The first-order valence-corrected chi connectivity index (χ1v) is 10.9. The number of hydrogen-bond acceptors (Lipinski definition) is 4. The number of carboxylic acid groups (broad SMARTS) is 1. The number of ether oxygens (including phenoxy) is 1. The SMILES string of the molecule is C[C@@H](CC(=O)Nc1ccc(F)c(C(=O)O)c1F)NC(=O)OCC1c2ccccc2-c2ccccc21. The maximum absolute atomic E-state index is 14.2. The third-order valence-corrected chi connectivity index (χ3v) is 5.78. The molecule has 0 saturated heterocycles. The minimum Gasteiger partial charge on any atom is -0.477 e. The molecular formula is C26H22F2N2O5. The number of nitrogens with one attached hydrogen (secondary N) is 2. The molecule has 0 bridgehead atoms. The average Bonchev–Trinajstić information content (AvgIpc) is 3.13. The molecule has 4 rings (SSSR count). The molecule has 0 heterocycles. The molecule has 0 fully saturated rings. The van der Waals surface area contributed by atoms with Gasteiger partial charge in [-0.1, -0.05) is 48.5 Å². The predicted octanol–water partition coefficient (Wildman–Crippen LogP) is 4.92. The van der Waals surface area contributed by atoms with Crippen molar-refractivity contribution < 1.29 is 33.0 Å². The van der Waals surface area contributed by atoms with Crippen LogP contribution in [0.15, 0.2) is 60.7 Å². The third-order valence-electron chi connectivity index (χ3n) is 5.78. The Morgan fingerprint density at radius 2 is 1.57 bits per heavy atom.